The van der Waals surface area contributed by atoms with Crippen LogP contribution in [-0.4, -0.2) is 14.0 Å². The highest BCUT2D eigenvalue weighted by Gasteiger charge is 2.25. The number of para-hydroxylation sites is 1. The zero-order valence-corrected chi connectivity index (χ0v) is 23.8. The smallest absolute Gasteiger partial charge is 0.145 e. The van der Waals surface area contributed by atoms with Gasteiger partial charge in [-0.3, -0.25) is 4.40 Å². The van der Waals surface area contributed by atoms with Crippen molar-refractivity contribution in [2.75, 3.05) is 0 Å². The lowest BCUT2D eigenvalue weighted by Gasteiger charge is -2.12. The largest absolute Gasteiger partial charge is 0.309 e. The zero-order chi connectivity index (χ0) is 28.8. The van der Waals surface area contributed by atoms with Crippen LogP contribution in [0, 0.1) is 0 Å². The summed E-state index contributed by atoms with van der Waals surface area (Å²) >= 11 is 0. The Hall–Kier alpha value is -5.93. The van der Waals surface area contributed by atoms with Gasteiger partial charge in [0.25, 0.3) is 0 Å². The monoisotopic (exact) mass is 559 g/mol. The van der Waals surface area contributed by atoms with Crippen molar-refractivity contribution in [1.82, 2.24) is 14.0 Å². The molecule has 44 heavy (non-hydrogen) atoms. The van der Waals surface area contributed by atoms with Gasteiger partial charge in [-0.1, -0.05) is 115 Å². The van der Waals surface area contributed by atoms with Gasteiger partial charge in [-0.15, -0.1) is 0 Å². The van der Waals surface area contributed by atoms with E-state index in [1.54, 1.807) is 0 Å². The molecule has 10 aromatic rings. The van der Waals surface area contributed by atoms with E-state index in [-0.39, 0.29) is 0 Å². The molecule has 3 aromatic heterocycles. The van der Waals surface area contributed by atoms with E-state index in [2.05, 4.69) is 161 Å². The van der Waals surface area contributed by atoms with Crippen molar-refractivity contribution in [2.24, 2.45) is 0 Å². The molecule has 7 aromatic carbocycles. The molecule has 0 atom stereocenters. The number of benzene rings is 7. The molecule has 0 fully saturated rings. The predicted octanol–water partition coefficient (Wildman–Crippen LogP) is 10.7. The van der Waals surface area contributed by atoms with Gasteiger partial charge >= 0.3 is 0 Å². The lowest BCUT2D eigenvalue weighted by atomic mass is 9.98. The first-order valence-electron chi connectivity index (χ1n) is 15.1. The Bertz CT molecular complexity index is 2700. The average molecular weight is 560 g/mol. The van der Waals surface area contributed by atoms with Gasteiger partial charge < -0.3 is 4.57 Å². The fourth-order valence-electron chi connectivity index (χ4n) is 7.39. The average Bonchev–Trinajstić information content (AvgIpc) is 3.60. The lowest BCUT2D eigenvalue weighted by Crippen LogP contribution is -1.95. The van der Waals surface area contributed by atoms with Gasteiger partial charge in [0.05, 0.1) is 27.6 Å². The normalized spacial score (nSPS) is 12.1. The lowest BCUT2D eigenvalue weighted by molar-refractivity contribution is 1.18. The summed E-state index contributed by atoms with van der Waals surface area (Å²) < 4.78 is 4.86. The number of aromatic nitrogens is 3. The van der Waals surface area contributed by atoms with Crippen LogP contribution in [0.5, 0.6) is 0 Å². The maximum absolute atomic E-state index is 5.29. The summed E-state index contributed by atoms with van der Waals surface area (Å²) in [6, 6.07) is 54.6. The van der Waals surface area contributed by atoms with Crippen LogP contribution in [0.1, 0.15) is 0 Å². The van der Waals surface area contributed by atoms with Gasteiger partial charge in [-0.2, -0.15) is 0 Å². The highest BCUT2D eigenvalue weighted by Crippen LogP contribution is 2.46. The van der Waals surface area contributed by atoms with E-state index in [4.69, 9.17) is 4.98 Å². The fourth-order valence-corrected chi connectivity index (χ4v) is 7.39. The summed E-state index contributed by atoms with van der Waals surface area (Å²) in [5.74, 6) is 0.963. The first kappa shape index (κ1) is 23.6. The highest BCUT2D eigenvalue weighted by atomic mass is 15.0. The van der Waals surface area contributed by atoms with Crippen LogP contribution < -0.4 is 0 Å². The maximum Gasteiger partial charge on any atom is 0.145 e. The minimum atomic E-state index is 0.963. The quantitative estimate of drug-likeness (QED) is 0.211. The van der Waals surface area contributed by atoms with Gasteiger partial charge in [0.1, 0.15) is 5.82 Å². The van der Waals surface area contributed by atoms with Crippen LogP contribution >= 0.6 is 0 Å². The highest BCUT2D eigenvalue weighted by molar-refractivity contribution is 6.35. The van der Waals surface area contributed by atoms with Crippen molar-refractivity contribution in [1.29, 1.82) is 0 Å². The minimum Gasteiger partial charge on any atom is -0.309 e. The van der Waals surface area contributed by atoms with Crippen LogP contribution in [0.15, 0.2) is 152 Å². The van der Waals surface area contributed by atoms with E-state index in [1.165, 1.54) is 54.5 Å². The molecule has 0 aliphatic heterocycles. The third-order valence-corrected chi connectivity index (χ3v) is 9.21. The van der Waals surface area contributed by atoms with Gasteiger partial charge in [-0.05, 0) is 58.3 Å². The minimum absolute atomic E-state index is 0.963. The van der Waals surface area contributed by atoms with Crippen molar-refractivity contribution in [3.05, 3.63) is 152 Å². The number of rotatable bonds is 3. The molecule has 3 heterocycles. The summed E-state index contributed by atoms with van der Waals surface area (Å²) in [6.45, 7) is 0. The third kappa shape index (κ3) is 3.13. The molecule has 0 amide bonds. The Morgan fingerprint density at radius 1 is 0.432 bits per heavy atom. The summed E-state index contributed by atoms with van der Waals surface area (Å²) in [6.07, 6.45) is 0. The molecule has 3 nitrogen and oxygen atoms in total. The number of fused-ring (bicyclic) bond motifs is 5. The maximum atomic E-state index is 5.29. The predicted molar refractivity (Wildman–Crippen MR) is 184 cm³/mol. The Kier molecular flexibility index (Phi) is 4.72. The standard InChI is InChI=1S/C41H25N3/c1-3-12-26(13-4-1)28-17-11-18-30(24-28)43-35-23-22-33-40-39(35)38-36(43)25-29-16-7-8-19-31(29)37(38)32-20-9-10-21-34(32)44(40)41(42-33)27-14-5-2-6-15-27/h1-25H. The molecule has 0 spiro atoms. The first-order valence-corrected chi connectivity index (χ1v) is 15.1. The Morgan fingerprint density at radius 3 is 1.98 bits per heavy atom. The molecule has 0 saturated heterocycles. The number of hydrogen-bond donors (Lipinski definition) is 0. The molecule has 0 N–H and O–H groups in total. The summed E-state index contributed by atoms with van der Waals surface area (Å²) in [5.41, 5.74) is 10.4. The van der Waals surface area contributed by atoms with Crippen molar-refractivity contribution in [3.8, 4) is 28.2 Å². The summed E-state index contributed by atoms with van der Waals surface area (Å²) in [4.78, 5) is 5.29. The van der Waals surface area contributed by atoms with Crippen molar-refractivity contribution >= 4 is 59.9 Å². The second kappa shape index (κ2) is 8.79. The first-order chi connectivity index (χ1) is 21.8. The van der Waals surface area contributed by atoms with Crippen molar-refractivity contribution in [3.63, 3.8) is 0 Å². The Labute approximate surface area is 253 Å². The molecular weight excluding hydrogens is 534 g/mol. The van der Waals surface area contributed by atoms with Gasteiger partial charge in [0.2, 0.25) is 0 Å². The van der Waals surface area contributed by atoms with E-state index < -0.39 is 0 Å². The van der Waals surface area contributed by atoms with E-state index in [1.807, 2.05) is 0 Å². The van der Waals surface area contributed by atoms with E-state index >= 15 is 0 Å². The van der Waals surface area contributed by atoms with Crippen molar-refractivity contribution in [2.45, 2.75) is 0 Å². The molecule has 204 valence electrons. The number of nitrogens with zero attached hydrogens (tertiary/aromatic N) is 3. The molecule has 0 aliphatic carbocycles. The van der Waals surface area contributed by atoms with Crippen LogP contribution in [0.3, 0.4) is 0 Å². The fraction of sp³-hybridized carbons (Fsp3) is 0. The van der Waals surface area contributed by atoms with Crippen LogP contribution in [0.2, 0.25) is 0 Å². The molecule has 0 saturated carbocycles. The molecular formula is C41H25N3. The second-order valence-electron chi connectivity index (χ2n) is 11.6. The molecule has 0 aliphatic rings. The third-order valence-electron chi connectivity index (χ3n) is 9.21. The van der Waals surface area contributed by atoms with Gasteiger partial charge in [0, 0.05) is 32.8 Å². The molecule has 10 rings (SSSR count). The SMILES string of the molecule is c1ccc(-c2cccc(-n3c4cc5ccccc5c5c6ccccc6n6c(-c7ccccc7)nc7ccc3c(c54)c76)c2)cc1. The van der Waals surface area contributed by atoms with Gasteiger partial charge in [0.15, 0.2) is 0 Å². The van der Waals surface area contributed by atoms with E-state index in [9.17, 15) is 0 Å². The van der Waals surface area contributed by atoms with E-state index in [0.29, 0.717) is 0 Å². The molecule has 3 heteroatoms. The van der Waals surface area contributed by atoms with Gasteiger partial charge in [-0.25, -0.2) is 4.98 Å². The Balaban J connectivity index is 1.48. The summed E-state index contributed by atoms with van der Waals surface area (Å²) in [7, 11) is 0. The van der Waals surface area contributed by atoms with Crippen LogP contribution in [0.25, 0.3) is 88.1 Å². The zero-order valence-electron chi connectivity index (χ0n) is 23.8. The summed E-state index contributed by atoms with van der Waals surface area (Å²) in [5, 5.41) is 7.53. The molecule has 0 bridgehead atoms. The second-order valence-corrected chi connectivity index (χ2v) is 11.6. The Morgan fingerprint density at radius 2 is 1.14 bits per heavy atom. The molecule has 0 radical (unpaired) electrons. The number of imidazole rings is 1. The molecule has 0 unspecified atom stereocenters. The van der Waals surface area contributed by atoms with Crippen LogP contribution in [0.4, 0.5) is 0 Å². The van der Waals surface area contributed by atoms with Crippen LogP contribution in [-0.2, 0) is 0 Å². The van der Waals surface area contributed by atoms with E-state index in [0.717, 1.165) is 33.6 Å². The topological polar surface area (TPSA) is 22.2 Å². The number of hydrogen-bond acceptors (Lipinski definition) is 1. The van der Waals surface area contributed by atoms with Crippen molar-refractivity contribution < 1.29 is 0 Å².